The lowest BCUT2D eigenvalue weighted by molar-refractivity contribution is -0.141. The summed E-state index contributed by atoms with van der Waals surface area (Å²) in [6.45, 7) is 1.65. The molecule has 0 saturated carbocycles. The van der Waals surface area contributed by atoms with Gasteiger partial charge in [0.05, 0.1) is 5.92 Å². The van der Waals surface area contributed by atoms with Crippen LogP contribution in [0.2, 0.25) is 0 Å². The van der Waals surface area contributed by atoms with Crippen LogP contribution in [0.4, 0.5) is 0 Å². The second-order valence-corrected chi connectivity index (χ2v) is 2.38. The molecule has 62 valence electrons. The molecule has 0 radical (unpaired) electrons. The number of carbonyl (C=O) groups excluding carboxylic acids is 1. The zero-order chi connectivity index (χ0) is 8.69. The second kappa shape index (κ2) is 5.65. The van der Waals surface area contributed by atoms with Crippen molar-refractivity contribution in [3.63, 3.8) is 0 Å². The lowest BCUT2D eigenvalue weighted by Gasteiger charge is -2.00. The molecule has 0 fully saturated rings. The molecule has 0 aromatic heterocycles. The van der Waals surface area contributed by atoms with E-state index < -0.39 is 5.97 Å². The van der Waals surface area contributed by atoms with Gasteiger partial charge in [-0.3, -0.25) is 9.59 Å². The molecule has 1 N–H and O–H groups in total. The molecule has 0 rings (SSSR count). The van der Waals surface area contributed by atoms with E-state index in [1.165, 1.54) is 6.08 Å². The predicted octanol–water partition coefficient (Wildman–Crippen LogP) is 1.24. The Bertz CT molecular complexity index is 161. The number of allylic oxidation sites excluding steroid dienone is 2. The van der Waals surface area contributed by atoms with Crippen molar-refractivity contribution >= 4 is 12.3 Å². The maximum Gasteiger partial charge on any atom is 0.306 e. The summed E-state index contributed by atoms with van der Waals surface area (Å²) in [7, 11) is 0. The third-order valence-electron chi connectivity index (χ3n) is 1.40. The summed E-state index contributed by atoms with van der Waals surface area (Å²) in [4.78, 5) is 20.0. The first-order valence-corrected chi connectivity index (χ1v) is 3.51. The first-order chi connectivity index (χ1) is 5.18. The van der Waals surface area contributed by atoms with Crippen LogP contribution < -0.4 is 0 Å². The first kappa shape index (κ1) is 9.88. The first-order valence-electron chi connectivity index (χ1n) is 3.51. The third kappa shape index (κ3) is 5.33. The second-order valence-electron chi connectivity index (χ2n) is 2.38. The molecule has 0 aromatic carbocycles. The summed E-state index contributed by atoms with van der Waals surface area (Å²) in [6, 6.07) is 0. The number of hydrogen-bond acceptors (Lipinski definition) is 2. The van der Waals surface area contributed by atoms with Gasteiger partial charge in [-0.2, -0.15) is 0 Å². The number of aliphatic carboxylic acids is 1. The molecule has 0 aliphatic carbocycles. The average Bonchev–Trinajstić information content (AvgIpc) is 1.97. The SMILES string of the molecule is CC(CCC=CC=O)C(=O)O. The van der Waals surface area contributed by atoms with Crippen molar-refractivity contribution in [2.75, 3.05) is 0 Å². The lowest BCUT2D eigenvalue weighted by Crippen LogP contribution is -2.08. The van der Waals surface area contributed by atoms with Gasteiger partial charge in [-0.05, 0) is 18.9 Å². The Balaban J connectivity index is 3.46. The zero-order valence-corrected chi connectivity index (χ0v) is 6.49. The van der Waals surface area contributed by atoms with Crippen molar-refractivity contribution in [1.82, 2.24) is 0 Å². The maximum atomic E-state index is 10.3. The molecule has 0 heterocycles. The number of hydrogen-bond donors (Lipinski definition) is 1. The van der Waals surface area contributed by atoms with Gasteiger partial charge in [-0.25, -0.2) is 0 Å². The van der Waals surface area contributed by atoms with Crippen LogP contribution in [-0.2, 0) is 9.59 Å². The Hall–Kier alpha value is -1.12. The van der Waals surface area contributed by atoms with Crippen LogP contribution in [0.3, 0.4) is 0 Å². The van der Waals surface area contributed by atoms with Gasteiger partial charge in [0.25, 0.3) is 0 Å². The van der Waals surface area contributed by atoms with Crippen molar-refractivity contribution in [3.05, 3.63) is 12.2 Å². The number of carboxylic acids is 1. The van der Waals surface area contributed by atoms with Crippen molar-refractivity contribution in [3.8, 4) is 0 Å². The molecule has 1 atom stereocenters. The monoisotopic (exact) mass is 156 g/mol. The molecular weight excluding hydrogens is 144 g/mol. The van der Waals surface area contributed by atoms with Crippen molar-refractivity contribution in [2.45, 2.75) is 19.8 Å². The molecule has 0 aliphatic heterocycles. The van der Waals surface area contributed by atoms with Crippen LogP contribution in [0, 0.1) is 5.92 Å². The fourth-order valence-corrected chi connectivity index (χ4v) is 0.621. The lowest BCUT2D eigenvalue weighted by atomic mass is 10.1. The van der Waals surface area contributed by atoms with E-state index in [1.54, 1.807) is 13.0 Å². The Kier molecular flexibility index (Phi) is 5.07. The third-order valence-corrected chi connectivity index (χ3v) is 1.40. The maximum absolute atomic E-state index is 10.3. The largest absolute Gasteiger partial charge is 0.481 e. The minimum atomic E-state index is -0.787. The molecule has 1 unspecified atom stereocenters. The quantitative estimate of drug-likeness (QED) is 0.481. The number of rotatable bonds is 5. The van der Waals surface area contributed by atoms with Gasteiger partial charge in [0.1, 0.15) is 6.29 Å². The van der Waals surface area contributed by atoms with E-state index >= 15 is 0 Å². The topological polar surface area (TPSA) is 54.4 Å². The van der Waals surface area contributed by atoms with E-state index in [2.05, 4.69) is 0 Å². The smallest absolute Gasteiger partial charge is 0.306 e. The Morgan fingerprint density at radius 2 is 2.27 bits per heavy atom. The minimum Gasteiger partial charge on any atom is -0.481 e. The van der Waals surface area contributed by atoms with Crippen LogP contribution in [-0.4, -0.2) is 17.4 Å². The van der Waals surface area contributed by atoms with Crippen LogP contribution >= 0.6 is 0 Å². The Morgan fingerprint density at radius 1 is 1.64 bits per heavy atom. The van der Waals surface area contributed by atoms with Crippen LogP contribution in [0.5, 0.6) is 0 Å². The van der Waals surface area contributed by atoms with E-state index in [0.29, 0.717) is 19.1 Å². The molecule has 3 heteroatoms. The molecule has 11 heavy (non-hydrogen) atoms. The molecule has 0 saturated heterocycles. The summed E-state index contributed by atoms with van der Waals surface area (Å²) in [6.07, 6.45) is 4.97. The van der Waals surface area contributed by atoms with Gasteiger partial charge < -0.3 is 5.11 Å². The van der Waals surface area contributed by atoms with Gasteiger partial charge in [0, 0.05) is 0 Å². The van der Waals surface area contributed by atoms with Gasteiger partial charge in [0.2, 0.25) is 0 Å². The molecular formula is C8H12O3. The highest BCUT2D eigenvalue weighted by atomic mass is 16.4. The molecule has 0 aromatic rings. The van der Waals surface area contributed by atoms with Gasteiger partial charge in [-0.15, -0.1) is 0 Å². The molecule has 0 spiro atoms. The number of carboxylic acid groups (broad SMARTS) is 1. The molecule has 3 nitrogen and oxygen atoms in total. The molecule has 0 aliphatic rings. The number of aldehydes is 1. The van der Waals surface area contributed by atoms with Gasteiger partial charge in [0.15, 0.2) is 0 Å². The highest BCUT2D eigenvalue weighted by Crippen LogP contribution is 2.05. The van der Waals surface area contributed by atoms with Crippen molar-refractivity contribution in [2.24, 2.45) is 5.92 Å². The summed E-state index contributed by atoms with van der Waals surface area (Å²) in [5.41, 5.74) is 0. The summed E-state index contributed by atoms with van der Waals surface area (Å²) in [5.74, 6) is -1.11. The van der Waals surface area contributed by atoms with Crippen molar-refractivity contribution in [1.29, 1.82) is 0 Å². The standard InChI is InChI=1S/C8H12O3/c1-7(8(10)11)5-3-2-4-6-9/h2,4,6-7H,3,5H2,1H3,(H,10,11). The average molecular weight is 156 g/mol. The molecule has 0 bridgehead atoms. The Morgan fingerprint density at radius 3 is 2.73 bits per heavy atom. The zero-order valence-electron chi connectivity index (χ0n) is 6.49. The van der Waals surface area contributed by atoms with E-state index in [1.807, 2.05) is 0 Å². The van der Waals surface area contributed by atoms with Crippen LogP contribution in [0.15, 0.2) is 12.2 Å². The van der Waals surface area contributed by atoms with E-state index in [-0.39, 0.29) is 5.92 Å². The van der Waals surface area contributed by atoms with Gasteiger partial charge >= 0.3 is 5.97 Å². The van der Waals surface area contributed by atoms with Gasteiger partial charge in [-0.1, -0.05) is 13.0 Å². The summed E-state index contributed by atoms with van der Waals surface area (Å²) >= 11 is 0. The van der Waals surface area contributed by atoms with Crippen molar-refractivity contribution < 1.29 is 14.7 Å². The summed E-state index contributed by atoms with van der Waals surface area (Å²) in [5, 5.41) is 8.44. The molecule has 0 amide bonds. The van der Waals surface area contributed by atoms with E-state index in [9.17, 15) is 9.59 Å². The van der Waals surface area contributed by atoms with Crippen LogP contribution in [0.25, 0.3) is 0 Å². The minimum absolute atomic E-state index is 0.327. The number of carbonyl (C=O) groups is 2. The summed E-state index contributed by atoms with van der Waals surface area (Å²) < 4.78 is 0. The Labute approximate surface area is 65.7 Å². The fourth-order valence-electron chi connectivity index (χ4n) is 0.621. The fraction of sp³-hybridized carbons (Fsp3) is 0.500. The normalized spacial score (nSPS) is 13.2. The highest BCUT2D eigenvalue weighted by molar-refractivity contribution is 5.69. The van der Waals surface area contributed by atoms with Crippen LogP contribution in [0.1, 0.15) is 19.8 Å². The predicted molar refractivity (Wildman–Crippen MR) is 41.2 cm³/mol. The highest BCUT2D eigenvalue weighted by Gasteiger charge is 2.08. The van der Waals surface area contributed by atoms with E-state index in [0.717, 1.165) is 0 Å². The van der Waals surface area contributed by atoms with E-state index in [4.69, 9.17) is 5.11 Å².